The van der Waals surface area contributed by atoms with Crippen LogP contribution in [0.5, 0.6) is 5.75 Å². The maximum Gasteiger partial charge on any atom is 0.265 e. The second-order valence-corrected chi connectivity index (χ2v) is 5.43. The van der Waals surface area contributed by atoms with Gasteiger partial charge in [-0.25, -0.2) is 4.39 Å². The minimum atomic E-state index is -0.723. The number of rotatable bonds is 4. The fourth-order valence-electron chi connectivity index (χ4n) is 2.16. The van der Waals surface area contributed by atoms with Crippen LogP contribution in [-0.2, 0) is 4.79 Å². The van der Waals surface area contributed by atoms with Gasteiger partial charge in [-0.3, -0.25) is 4.79 Å². The van der Waals surface area contributed by atoms with E-state index in [1.165, 1.54) is 12.1 Å². The zero-order valence-electron chi connectivity index (χ0n) is 13.2. The predicted molar refractivity (Wildman–Crippen MR) is 85.8 cm³/mol. The molecule has 0 radical (unpaired) electrons. The first-order valence-corrected chi connectivity index (χ1v) is 7.18. The molecule has 116 valence electrons. The molecule has 2 rings (SSSR count). The third kappa shape index (κ3) is 3.64. The van der Waals surface area contributed by atoms with Crippen LogP contribution in [0.1, 0.15) is 23.6 Å². The highest BCUT2D eigenvalue weighted by molar-refractivity contribution is 5.94. The number of benzene rings is 2. The lowest BCUT2D eigenvalue weighted by atomic mass is 10.1. The van der Waals surface area contributed by atoms with Crippen LogP contribution in [0.2, 0.25) is 0 Å². The van der Waals surface area contributed by atoms with Gasteiger partial charge in [0.15, 0.2) is 6.10 Å². The van der Waals surface area contributed by atoms with E-state index < -0.39 is 11.9 Å². The number of hydrogen-bond acceptors (Lipinski definition) is 2. The Morgan fingerprint density at radius 1 is 1.18 bits per heavy atom. The number of carbonyl (C=O) groups excluding carboxylic acids is 1. The summed E-state index contributed by atoms with van der Waals surface area (Å²) in [6.45, 7) is 7.57. The van der Waals surface area contributed by atoms with Gasteiger partial charge in [-0.05, 0) is 62.6 Å². The molecule has 0 bridgehead atoms. The highest BCUT2D eigenvalue weighted by atomic mass is 19.1. The molecule has 0 aliphatic heterocycles. The first-order valence-electron chi connectivity index (χ1n) is 7.18. The molecule has 1 amide bonds. The standard InChI is InChI=1S/C18H20FNO2/c1-11-9-12(2)13(3)17(10-11)22-14(4)18(21)20-16-8-6-5-7-15(16)19/h5-10,14H,1-4H3,(H,20,21)/t14-/m0/s1. The summed E-state index contributed by atoms with van der Waals surface area (Å²) in [5.74, 6) is -0.178. The van der Waals surface area contributed by atoms with Crippen LogP contribution in [0.25, 0.3) is 0 Å². The maximum absolute atomic E-state index is 13.6. The molecule has 22 heavy (non-hydrogen) atoms. The minimum absolute atomic E-state index is 0.153. The lowest BCUT2D eigenvalue weighted by molar-refractivity contribution is -0.122. The maximum atomic E-state index is 13.6. The van der Waals surface area contributed by atoms with Crippen molar-refractivity contribution in [2.24, 2.45) is 0 Å². The molecule has 0 unspecified atom stereocenters. The summed E-state index contributed by atoms with van der Waals surface area (Å²) in [6, 6.07) is 10.0. The van der Waals surface area contributed by atoms with Crippen LogP contribution in [0, 0.1) is 26.6 Å². The molecule has 0 saturated heterocycles. The summed E-state index contributed by atoms with van der Waals surface area (Å²) in [6.07, 6.45) is -0.723. The molecule has 1 atom stereocenters. The Labute approximate surface area is 130 Å². The van der Waals surface area contributed by atoms with E-state index in [1.54, 1.807) is 19.1 Å². The zero-order chi connectivity index (χ0) is 16.3. The zero-order valence-corrected chi connectivity index (χ0v) is 13.2. The normalized spacial score (nSPS) is 11.9. The topological polar surface area (TPSA) is 38.3 Å². The average Bonchev–Trinajstić information content (AvgIpc) is 2.46. The van der Waals surface area contributed by atoms with Gasteiger partial charge in [0, 0.05) is 0 Å². The van der Waals surface area contributed by atoms with Crippen molar-refractivity contribution in [1.82, 2.24) is 0 Å². The number of halogens is 1. The second-order valence-electron chi connectivity index (χ2n) is 5.43. The van der Waals surface area contributed by atoms with Crippen LogP contribution >= 0.6 is 0 Å². The summed E-state index contributed by atoms with van der Waals surface area (Å²) in [5.41, 5.74) is 3.33. The fourth-order valence-corrected chi connectivity index (χ4v) is 2.16. The van der Waals surface area contributed by atoms with E-state index in [0.717, 1.165) is 16.7 Å². The summed E-state index contributed by atoms with van der Waals surface area (Å²) in [4.78, 5) is 12.1. The van der Waals surface area contributed by atoms with Gasteiger partial charge in [-0.2, -0.15) is 0 Å². The van der Waals surface area contributed by atoms with Crippen LogP contribution in [0.15, 0.2) is 36.4 Å². The third-order valence-electron chi connectivity index (χ3n) is 3.57. The van der Waals surface area contributed by atoms with Gasteiger partial charge in [0.1, 0.15) is 11.6 Å². The highest BCUT2D eigenvalue weighted by Crippen LogP contribution is 2.24. The molecular weight excluding hydrogens is 281 g/mol. The molecule has 0 aliphatic carbocycles. The average molecular weight is 301 g/mol. The van der Waals surface area contributed by atoms with E-state index in [1.807, 2.05) is 26.8 Å². The molecule has 0 aliphatic rings. The van der Waals surface area contributed by atoms with E-state index in [-0.39, 0.29) is 11.6 Å². The van der Waals surface area contributed by atoms with Crippen molar-refractivity contribution >= 4 is 11.6 Å². The molecule has 2 aromatic carbocycles. The Balaban J connectivity index is 2.11. The Morgan fingerprint density at radius 3 is 2.55 bits per heavy atom. The van der Waals surface area contributed by atoms with Crippen molar-refractivity contribution < 1.29 is 13.9 Å². The molecule has 0 aromatic heterocycles. The van der Waals surface area contributed by atoms with Gasteiger partial charge in [0.25, 0.3) is 5.91 Å². The first-order chi connectivity index (χ1) is 10.4. The van der Waals surface area contributed by atoms with Gasteiger partial charge < -0.3 is 10.1 Å². The Kier molecular flexibility index (Phi) is 4.81. The van der Waals surface area contributed by atoms with E-state index in [0.29, 0.717) is 5.75 Å². The largest absolute Gasteiger partial charge is 0.481 e. The number of nitrogens with one attached hydrogen (secondary N) is 1. The van der Waals surface area contributed by atoms with Gasteiger partial charge in [-0.1, -0.05) is 18.2 Å². The van der Waals surface area contributed by atoms with E-state index in [9.17, 15) is 9.18 Å². The third-order valence-corrected chi connectivity index (χ3v) is 3.57. The molecule has 0 heterocycles. The molecule has 0 saturated carbocycles. The lowest BCUT2D eigenvalue weighted by Crippen LogP contribution is -2.30. The first kappa shape index (κ1) is 16.0. The Bertz CT molecular complexity index is 697. The van der Waals surface area contributed by atoms with Crippen molar-refractivity contribution in [2.75, 3.05) is 5.32 Å². The number of anilines is 1. The van der Waals surface area contributed by atoms with Crippen LogP contribution in [0.4, 0.5) is 10.1 Å². The van der Waals surface area contributed by atoms with Crippen molar-refractivity contribution in [3.8, 4) is 5.75 Å². The highest BCUT2D eigenvalue weighted by Gasteiger charge is 2.17. The SMILES string of the molecule is Cc1cc(C)c(C)c(O[C@@H](C)C(=O)Nc2ccccc2F)c1. The van der Waals surface area contributed by atoms with Crippen molar-refractivity contribution in [3.05, 3.63) is 58.9 Å². The smallest absolute Gasteiger partial charge is 0.265 e. The van der Waals surface area contributed by atoms with Gasteiger partial charge in [0.05, 0.1) is 5.69 Å². The van der Waals surface area contributed by atoms with Gasteiger partial charge in [0.2, 0.25) is 0 Å². The number of carbonyl (C=O) groups is 1. The molecule has 3 nitrogen and oxygen atoms in total. The molecular formula is C18H20FNO2. The predicted octanol–water partition coefficient (Wildman–Crippen LogP) is 4.16. The molecule has 0 spiro atoms. The van der Waals surface area contributed by atoms with Crippen LogP contribution in [-0.4, -0.2) is 12.0 Å². The van der Waals surface area contributed by atoms with E-state index >= 15 is 0 Å². The number of aryl methyl sites for hydroxylation is 2. The van der Waals surface area contributed by atoms with Crippen molar-refractivity contribution in [2.45, 2.75) is 33.8 Å². The van der Waals surface area contributed by atoms with Gasteiger partial charge >= 0.3 is 0 Å². The van der Waals surface area contributed by atoms with Gasteiger partial charge in [-0.15, -0.1) is 0 Å². The molecule has 4 heteroatoms. The minimum Gasteiger partial charge on any atom is -0.481 e. The van der Waals surface area contributed by atoms with E-state index in [2.05, 4.69) is 11.4 Å². The summed E-state index contributed by atoms with van der Waals surface area (Å²) >= 11 is 0. The Morgan fingerprint density at radius 2 is 1.86 bits per heavy atom. The van der Waals surface area contributed by atoms with Crippen LogP contribution < -0.4 is 10.1 Å². The Hall–Kier alpha value is -2.36. The van der Waals surface area contributed by atoms with E-state index in [4.69, 9.17) is 4.74 Å². The number of para-hydroxylation sites is 1. The molecule has 0 fully saturated rings. The quantitative estimate of drug-likeness (QED) is 0.921. The monoisotopic (exact) mass is 301 g/mol. The molecule has 1 N–H and O–H groups in total. The fraction of sp³-hybridized carbons (Fsp3) is 0.278. The van der Waals surface area contributed by atoms with Crippen molar-refractivity contribution in [1.29, 1.82) is 0 Å². The van der Waals surface area contributed by atoms with Crippen molar-refractivity contribution in [3.63, 3.8) is 0 Å². The number of ether oxygens (including phenoxy) is 1. The second kappa shape index (κ2) is 6.60. The lowest BCUT2D eigenvalue weighted by Gasteiger charge is -2.18. The summed E-state index contributed by atoms with van der Waals surface area (Å²) < 4.78 is 19.3. The number of hydrogen-bond donors (Lipinski definition) is 1. The molecule has 2 aromatic rings. The summed E-state index contributed by atoms with van der Waals surface area (Å²) in [7, 11) is 0. The number of amides is 1. The summed E-state index contributed by atoms with van der Waals surface area (Å²) in [5, 5.41) is 2.54. The van der Waals surface area contributed by atoms with Crippen LogP contribution in [0.3, 0.4) is 0 Å².